The van der Waals surface area contributed by atoms with E-state index >= 15 is 0 Å². The Labute approximate surface area is 112 Å². The highest BCUT2D eigenvalue weighted by molar-refractivity contribution is 7.99. The Morgan fingerprint density at radius 1 is 1.44 bits per heavy atom. The third kappa shape index (κ3) is 3.83. The molecular formula is C12H20N4OS. The summed E-state index contributed by atoms with van der Waals surface area (Å²) in [5, 5.41) is 1.60. The lowest BCUT2D eigenvalue weighted by Gasteiger charge is -2.21. The summed E-state index contributed by atoms with van der Waals surface area (Å²) in [6.07, 6.45) is 4.10. The number of nitrogens with two attached hydrogens (primary N) is 1. The van der Waals surface area contributed by atoms with Crippen molar-refractivity contribution >= 4 is 17.6 Å². The summed E-state index contributed by atoms with van der Waals surface area (Å²) in [5.41, 5.74) is 2.61. The summed E-state index contributed by atoms with van der Waals surface area (Å²) in [7, 11) is 0. The Morgan fingerprint density at radius 3 is 2.89 bits per heavy atom. The SMILES string of the molecule is CCCc1nc(NN)cc(SC2CCOCC2)n1. The van der Waals surface area contributed by atoms with Crippen molar-refractivity contribution in [1.29, 1.82) is 0 Å². The van der Waals surface area contributed by atoms with Crippen molar-refractivity contribution in [3.8, 4) is 0 Å². The molecule has 1 aromatic heterocycles. The quantitative estimate of drug-likeness (QED) is 0.483. The van der Waals surface area contributed by atoms with Crippen LogP contribution >= 0.6 is 11.8 Å². The molecule has 0 saturated carbocycles. The molecule has 0 amide bonds. The number of rotatable bonds is 5. The van der Waals surface area contributed by atoms with Crippen molar-refractivity contribution < 1.29 is 4.74 Å². The average Bonchev–Trinajstić information content (AvgIpc) is 2.40. The normalized spacial score (nSPS) is 16.8. The monoisotopic (exact) mass is 268 g/mol. The highest BCUT2D eigenvalue weighted by Crippen LogP contribution is 2.29. The van der Waals surface area contributed by atoms with Crippen molar-refractivity contribution in [2.24, 2.45) is 5.84 Å². The summed E-state index contributed by atoms with van der Waals surface area (Å²) in [5.74, 6) is 7.01. The fraction of sp³-hybridized carbons (Fsp3) is 0.667. The van der Waals surface area contributed by atoms with E-state index in [2.05, 4.69) is 22.3 Å². The smallest absolute Gasteiger partial charge is 0.144 e. The van der Waals surface area contributed by atoms with E-state index in [1.165, 1.54) is 0 Å². The number of aromatic nitrogens is 2. The van der Waals surface area contributed by atoms with Crippen LogP contribution in [0.25, 0.3) is 0 Å². The van der Waals surface area contributed by atoms with Gasteiger partial charge in [0.25, 0.3) is 0 Å². The predicted octanol–water partition coefficient (Wildman–Crippen LogP) is 1.99. The predicted molar refractivity (Wildman–Crippen MR) is 73.5 cm³/mol. The average molecular weight is 268 g/mol. The van der Waals surface area contributed by atoms with Crippen molar-refractivity contribution in [3.63, 3.8) is 0 Å². The minimum absolute atomic E-state index is 0.591. The molecule has 6 heteroatoms. The van der Waals surface area contributed by atoms with Crippen LogP contribution in [0.15, 0.2) is 11.1 Å². The maximum atomic E-state index is 5.45. The summed E-state index contributed by atoms with van der Waals surface area (Å²) in [4.78, 5) is 8.93. The molecule has 1 aliphatic rings. The van der Waals surface area contributed by atoms with Crippen LogP contribution in [-0.2, 0) is 11.2 Å². The van der Waals surface area contributed by atoms with Gasteiger partial charge in [-0.15, -0.1) is 11.8 Å². The lowest BCUT2D eigenvalue weighted by Crippen LogP contribution is -2.18. The molecule has 1 aromatic rings. The van der Waals surface area contributed by atoms with Gasteiger partial charge in [0, 0.05) is 31.0 Å². The van der Waals surface area contributed by atoms with E-state index < -0.39 is 0 Å². The fourth-order valence-corrected chi connectivity index (χ4v) is 3.01. The fourth-order valence-electron chi connectivity index (χ4n) is 1.91. The Kier molecular flexibility index (Phi) is 5.22. The minimum atomic E-state index is 0.591. The first kappa shape index (κ1) is 13.6. The molecule has 18 heavy (non-hydrogen) atoms. The van der Waals surface area contributed by atoms with Crippen LogP contribution in [0, 0.1) is 0 Å². The molecule has 1 aliphatic heterocycles. The first-order valence-electron chi connectivity index (χ1n) is 6.40. The molecule has 5 nitrogen and oxygen atoms in total. The second-order valence-electron chi connectivity index (χ2n) is 4.33. The third-order valence-electron chi connectivity index (χ3n) is 2.83. The zero-order valence-corrected chi connectivity index (χ0v) is 11.5. The van der Waals surface area contributed by atoms with Crippen LogP contribution < -0.4 is 11.3 Å². The van der Waals surface area contributed by atoms with Crippen molar-refractivity contribution in [2.75, 3.05) is 18.6 Å². The van der Waals surface area contributed by atoms with Crippen LogP contribution in [0.3, 0.4) is 0 Å². The molecule has 0 aliphatic carbocycles. The number of anilines is 1. The summed E-state index contributed by atoms with van der Waals surface area (Å²) < 4.78 is 5.37. The number of aryl methyl sites for hydroxylation is 1. The molecule has 0 atom stereocenters. The number of nitrogen functional groups attached to an aromatic ring is 1. The van der Waals surface area contributed by atoms with E-state index in [-0.39, 0.29) is 0 Å². The Hall–Kier alpha value is -0.850. The van der Waals surface area contributed by atoms with E-state index in [1.807, 2.05) is 17.8 Å². The third-order valence-corrected chi connectivity index (χ3v) is 4.08. The van der Waals surface area contributed by atoms with Gasteiger partial charge < -0.3 is 10.2 Å². The number of nitrogens with zero attached hydrogens (tertiary/aromatic N) is 2. The first-order valence-corrected chi connectivity index (χ1v) is 7.28. The van der Waals surface area contributed by atoms with Crippen LogP contribution in [0.4, 0.5) is 5.82 Å². The van der Waals surface area contributed by atoms with Gasteiger partial charge in [0.2, 0.25) is 0 Å². The van der Waals surface area contributed by atoms with Crippen molar-refractivity contribution in [3.05, 3.63) is 11.9 Å². The maximum absolute atomic E-state index is 5.45. The summed E-state index contributed by atoms with van der Waals surface area (Å²) in [6.45, 7) is 3.83. The van der Waals surface area contributed by atoms with Gasteiger partial charge in [-0.1, -0.05) is 6.92 Å². The van der Waals surface area contributed by atoms with Crippen LogP contribution in [0.1, 0.15) is 32.0 Å². The van der Waals surface area contributed by atoms with Crippen LogP contribution in [-0.4, -0.2) is 28.4 Å². The molecule has 0 radical (unpaired) electrons. The van der Waals surface area contributed by atoms with E-state index in [0.29, 0.717) is 11.1 Å². The van der Waals surface area contributed by atoms with Gasteiger partial charge >= 0.3 is 0 Å². The van der Waals surface area contributed by atoms with E-state index in [1.54, 1.807) is 0 Å². The number of hydrogen-bond acceptors (Lipinski definition) is 6. The van der Waals surface area contributed by atoms with Crippen molar-refractivity contribution in [1.82, 2.24) is 9.97 Å². The lowest BCUT2D eigenvalue weighted by atomic mass is 10.2. The summed E-state index contributed by atoms with van der Waals surface area (Å²) in [6, 6.07) is 1.92. The molecule has 2 heterocycles. The van der Waals surface area contributed by atoms with E-state index in [0.717, 1.165) is 49.7 Å². The van der Waals surface area contributed by atoms with Crippen molar-refractivity contribution in [2.45, 2.75) is 42.9 Å². The van der Waals surface area contributed by atoms with Gasteiger partial charge in [-0.2, -0.15) is 0 Å². The molecule has 100 valence electrons. The van der Waals surface area contributed by atoms with Gasteiger partial charge in [-0.3, -0.25) is 0 Å². The van der Waals surface area contributed by atoms with Crippen LogP contribution in [0.5, 0.6) is 0 Å². The van der Waals surface area contributed by atoms with E-state index in [4.69, 9.17) is 10.6 Å². The highest BCUT2D eigenvalue weighted by Gasteiger charge is 2.16. The Bertz CT molecular complexity index is 382. The molecule has 1 saturated heterocycles. The van der Waals surface area contributed by atoms with Gasteiger partial charge in [0.05, 0.1) is 0 Å². The minimum Gasteiger partial charge on any atom is -0.381 e. The highest BCUT2D eigenvalue weighted by atomic mass is 32.2. The number of hydrogen-bond donors (Lipinski definition) is 2. The van der Waals surface area contributed by atoms with Gasteiger partial charge in [0.15, 0.2) is 0 Å². The number of thioether (sulfide) groups is 1. The van der Waals surface area contributed by atoms with E-state index in [9.17, 15) is 0 Å². The zero-order chi connectivity index (χ0) is 12.8. The largest absolute Gasteiger partial charge is 0.381 e. The lowest BCUT2D eigenvalue weighted by molar-refractivity contribution is 0.1000. The number of nitrogens with one attached hydrogen (secondary N) is 1. The zero-order valence-electron chi connectivity index (χ0n) is 10.7. The maximum Gasteiger partial charge on any atom is 0.144 e. The molecule has 1 fully saturated rings. The molecule has 0 bridgehead atoms. The van der Waals surface area contributed by atoms with Crippen LogP contribution in [0.2, 0.25) is 0 Å². The first-order chi connectivity index (χ1) is 8.81. The second-order valence-corrected chi connectivity index (χ2v) is 5.65. The summed E-state index contributed by atoms with van der Waals surface area (Å²) >= 11 is 1.81. The molecule has 0 aromatic carbocycles. The molecular weight excluding hydrogens is 248 g/mol. The second kappa shape index (κ2) is 6.92. The molecule has 0 unspecified atom stereocenters. The number of hydrazine groups is 1. The molecule has 2 rings (SSSR count). The Balaban J connectivity index is 2.07. The van der Waals surface area contributed by atoms with Gasteiger partial charge in [-0.05, 0) is 19.3 Å². The topological polar surface area (TPSA) is 73.1 Å². The molecule has 0 spiro atoms. The molecule has 3 N–H and O–H groups in total. The Morgan fingerprint density at radius 2 is 2.22 bits per heavy atom. The van der Waals surface area contributed by atoms with Gasteiger partial charge in [-0.25, -0.2) is 15.8 Å². The standard InChI is InChI=1S/C12H20N4OS/c1-2-3-10-14-11(16-13)8-12(15-10)18-9-4-6-17-7-5-9/h8-9H,2-7,13H2,1H3,(H,14,15,16). The van der Waals surface area contributed by atoms with Gasteiger partial charge in [0.1, 0.15) is 16.7 Å². The number of ether oxygens (including phenoxy) is 1.